The molecule has 29 heavy (non-hydrogen) atoms. The molecule has 0 aromatic heterocycles. The third-order valence-corrected chi connectivity index (χ3v) is 5.26. The van der Waals surface area contributed by atoms with Gasteiger partial charge in [-0.1, -0.05) is 13.8 Å². The summed E-state index contributed by atoms with van der Waals surface area (Å²) in [6.07, 6.45) is -4.06. The van der Waals surface area contributed by atoms with E-state index in [1.165, 1.54) is 7.11 Å². The monoisotopic (exact) mass is 444 g/mol. The van der Waals surface area contributed by atoms with E-state index in [0.29, 0.717) is 12.8 Å². The van der Waals surface area contributed by atoms with Gasteiger partial charge < -0.3 is 29.2 Å². The van der Waals surface area contributed by atoms with Crippen LogP contribution in [0.3, 0.4) is 0 Å². The van der Waals surface area contributed by atoms with Gasteiger partial charge in [0.1, 0.15) is 12.2 Å². The zero-order chi connectivity index (χ0) is 22.2. The van der Waals surface area contributed by atoms with Crippen LogP contribution in [-0.2, 0) is 38.3 Å². The van der Waals surface area contributed by atoms with Crippen molar-refractivity contribution in [3.63, 3.8) is 0 Å². The predicted molar refractivity (Wildman–Crippen MR) is 99.8 cm³/mol. The van der Waals surface area contributed by atoms with Crippen molar-refractivity contribution >= 4 is 16.4 Å². The molecule has 0 aliphatic carbocycles. The van der Waals surface area contributed by atoms with Crippen LogP contribution in [0.4, 0.5) is 0 Å². The number of hydrogen-bond donors (Lipinski definition) is 3. The van der Waals surface area contributed by atoms with E-state index in [1.54, 1.807) is 13.8 Å². The Morgan fingerprint density at radius 1 is 1.34 bits per heavy atom. The Morgan fingerprint density at radius 3 is 2.52 bits per heavy atom. The highest BCUT2D eigenvalue weighted by atomic mass is 32.3. The lowest BCUT2D eigenvalue weighted by Gasteiger charge is -2.38. The summed E-state index contributed by atoms with van der Waals surface area (Å²) in [7, 11) is -3.26. The molecule has 1 heterocycles. The van der Waals surface area contributed by atoms with Crippen LogP contribution in [0.25, 0.3) is 0 Å². The molecule has 0 aromatic carbocycles. The molecule has 1 saturated heterocycles. The van der Waals surface area contributed by atoms with Gasteiger partial charge in [0.15, 0.2) is 6.10 Å². The van der Waals surface area contributed by atoms with Crippen LogP contribution in [-0.4, -0.2) is 92.7 Å². The van der Waals surface area contributed by atoms with Gasteiger partial charge >= 0.3 is 16.4 Å². The van der Waals surface area contributed by atoms with Crippen molar-refractivity contribution in [2.75, 3.05) is 26.9 Å². The fourth-order valence-electron chi connectivity index (χ4n) is 2.92. The van der Waals surface area contributed by atoms with Gasteiger partial charge in [0, 0.05) is 19.6 Å². The van der Waals surface area contributed by atoms with E-state index < -0.39 is 59.6 Å². The average Bonchev–Trinajstić information content (AvgIpc) is 2.65. The summed E-state index contributed by atoms with van der Waals surface area (Å²) >= 11 is 0. The average molecular weight is 444 g/mol. The van der Waals surface area contributed by atoms with Crippen molar-refractivity contribution in [1.29, 1.82) is 0 Å². The maximum absolute atomic E-state index is 11.4. The largest absolute Gasteiger partial charge is 0.479 e. The third-order valence-electron chi connectivity index (χ3n) is 4.83. The second-order valence-corrected chi connectivity index (χ2v) is 8.13. The van der Waals surface area contributed by atoms with Gasteiger partial charge in [0.05, 0.1) is 31.5 Å². The van der Waals surface area contributed by atoms with Crippen LogP contribution in [0.5, 0.6) is 0 Å². The fourth-order valence-corrected chi connectivity index (χ4v) is 3.23. The molecule has 7 unspecified atom stereocenters. The summed E-state index contributed by atoms with van der Waals surface area (Å²) in [5, 5.41) is 19.7. The number of carboxylic acids is 1. The van der Waals surface area contributed by atoms with Crippen LogP contribution in [0.1, 0.15) is 33.6 Å². The molecule has 1 fully saturated rings. The third kappa shape index (κ3) is 8.80. The predicted octanol–water partition coefficient (Wildman–Crippen LogP) is 0.260. The minimum absolute atomic E-state index is 0.104. The molecule has 0 amide bonds. The first-order chi connectivity index (χ1) is 13.5. The number of aliphatic carboxylic acids is 1. The second kappa shape index (κ2) is 12.1. The maximum Gasteiger partial charge on any atom is 0.397 e. The topological polar surface area (TPSA) is 158 Å². The summed E-state index contributed by atoms with van der Waals surface area (Å²) in [4.78, 5) is 11.4. The quantitative estimate of drug-likeness (QED) is 0.335. The second-order valence-electron chi connectivity index (χ2n) is 7.04. The smallest absolute Gasteiger partial charge is 0.397 e. The molecular weight excluding hydrogens is 412 g/mol. The zero-order valence-corrected chi connectivity index (χ0v) is 17.9. The lowest BCUT2D eigenvalue weighted by Crippen LogP contribution is -2.52. The van der Waals surface area contributed by atoms with E-state index in [9.17, 15) is 23.4 Å². The van der Waals surface area contributed by atoms with E-state index in [0.717, 1.165) is 0 Å². The first-order valence-electron chi connectivity index (χ1n) is 9.44. The molecule has 172 valence electrons. The van der Waals surface area contributed by atoms with Gasteiger partial charge in [0.2, 0.25) is 0 Å². The molecule has 7 atom stereocenters. The summed E-state index contributed by atoms with van der Waals surface area (Å²) < 4.78 is 56.6. The van der Waals surface area contributed by atoms with E-state index in [-0.39, 0.29) is 19.1 Å². The molecule has 1 rings (SSSR count). The molecule has 0 spiro atoms. The van der Waals surface area contributed by atoms with E-state index in [2.05, 4.69) is 4.18 Å². The SMILES string of the molecule is CCC(CCOC1C(COS(=O)(=O)O)OCC(C)C1O)OC(C(=O)O)C(C)OC. The molecule has 1 aliphatic rings. The minimum atomic E-state index is -4.65. The molecule has 0 bridgehead atoms. The Bertz CT molecular complexity index is 596. The summed E-state index contributed by atoms with van der Waals surface area (Å²) in [6, 6.07) is 0. The van der Waals surface area contributed by atoms with Crippen LogP contribution in [0.15, 0.2) is 0 Å². The highest BCUT2D eigenvalue weighted by molar-refractivity contribution is 7.80. The summed E-state index contributed by atoms with van der Waals surface area (Å²) in [6.45, 7) is 4.96. The van der Waals surface area contributed by atoms with Crippen molar-refractivity contribution in [3.8, 4) is 0 Å². The van der Waals surface area contributed by atoms with Crippen molar-refractivity contribution in [2.24, 2.45) is 5.92 Å². The molecule has 0 radical (unpaired) electrons. The fraction of sp³-hybridized carbons (Fsp3) is 0.941. The normalized spacial score (nSPS) is 28.6. The van der Waals surface area contributed by atoms with Crippen molar-refractivity contribution < 1.29 is 51.1 Å². The first kappa shape index (κ1) is 26.2. The van der Waals surface area contributed by atoms with E-state index in [4.69, 9.17) is 23.5 Å². The van der Waals surface area contributed by atoms with Crippen LogP contribution < -0.4 is 0 Å². The highest BCUT2D eigenvalue weighted by Crippen LogP contribution is 2.24. The molecule has 0 saturated carbocycles. The molecule has 12 heteroatoms. The van der Waals surface area contributed by atoms with Gasteiger partial charge in [0.25, 0.3) is 0 Å². The first-order valence-corrected chi connectivity index (χ1v) is 10.8. The number of methoxy groups -OCH3 is 1. The Kier molecular flexibility index (Phi) is 10.9. The zero-order valence-electron chi connectivity index (χ0n) is 17.1. The number of carboxylic acid groups (broad SMARTS) is 1. The van der Waals surface area contributed by atoms with Gasteiger partial charge in [-0.05, 0) is 19.8 Å². The Labute approximate surface area is 171 Å². The number of carbonyl (C=O) groups is 1. The number of hydrogen-bond acceptors (Lipinski definition) is 9. The highest BCUT2D eigenvalue weighted by Gasteiger charge is 2.39. The Balaban J connectivity index is 2.66. The molecule has 1 aliphatic heterocycles. The summed E-state index contributed by atoms with van der Waals surface area (Å²) in [5.74, 6) is -1.38. The van der Waals surface area contributed by atoms with Crippen molar-refractivity contribution in [3.05, 3.63) is 0 Å². The number of aliphatic hydroxyl groups is 1. The molecular formula is C17H32O11S. The van der Waals surface area contributed by atoms with Gasteiger partial charge in [-0.2, -0.15) is 8.42 Å². The molecule has 3 N–H and O–H groups in total. The minimum Gasteiger partial charge on any atom is -0.479 e. The lowest BCUT2D eigenvalue weighted by atomic mass is 9.94. The number of ether oxygens (including phenoxy) is 4. The number of rotatable bonds is 13. The van der Waals surface area contributed by atoms with Crippen LogP contribution in [0.2, 0.25) is 0 Å². The van der Waals surface area contributed by atoms with Crippen molar-refractivity contribution in [1.82, 2.24) is 0 Å². The Morgan fingerprint density at radius 2 is 2.00 bits per heavy atom. The molecule has 0 aromatic rings. The van der Waals surface area contributed by atoms with Gasteiger partial charge in [-0.15, -0.1) is 0 Å². The lowest BCUT2D eigenvalue weighted by molar-refractivity contribution is -0.193. The standard InChI is InChI=1S/C17H32O11S/c1-5-12(28-15(17(19)20)11(3)24-4)6-7-25-16-13(9-27-29(21,22)23)26-8-10(2)14(16)18/h10-16,18H,5-9H2,1-4H3,(H,19,20)(H,21,22,23). The van der Waals surface area contributed by atoms with Crippen molar-refractivity contribution in [2.45, 2.75) is 70.2 Å². The molecule has 11 nitrogen and oxygen atoms in total. The van der Waals surface area contributed by atoms with Gasteiger partial charge in [-0.3, -0.25) is 4.55 Å². The Hall–Kier alpha value is -0.860. The van der Waals surface area contributed by atoms with Gasteiger partial charge in [-0.25, -0.2) is 8.98 Å². The number of aliphatic hydroxyl groups excluding tert-OH is 1. The maximum atomic E-state index is 11.4. The van der Waals surface area contributed by atoms with Crippen LogP contribution in [0, 0.1) is 5.92 Å². The van der Waals surface area contributed by atoms with E-state index in [1.807, 2.05) is 6.92 Å². The summed E-state index contributed by atoms with van der Waals surface area (Å²) in [5.41, 5.74) is 0. The van der Waals surface area contributed by atoms with E-state index >= 15 is 0 Å². The van der Waals surface area contributed by atoms with Crippen LogP contribution >= 0.6 is 0 Å².